The predicted octanol–water partition coefficient (Wildman–Crippen LogP) is 2.83. The molecule has 0 aromatic heterocycles. The number of aliphatic hydroxyl groups excluding tert-OH is 1. The van der Waals surface area contributed by atoms with Crippen molar-refractivity contribution < 1.29 is 14.7 Å². The van der Waals surface area contributed by atoms with E-state index in [9.17, 15) is 14.7 Å². The second-order valence-electron chi connectivity index (χ2n) is 11.0. The maximum atomic E-state index is 13.9. The van der Waals surface area contributed by atoms with Crippen molar-refractivity contribution in [3.8, 4) is 0 Å². The third-order valence-corrected chi connectivity index (χ3v) is 9.20. The molecule has 0 spiro atoms. The lowest BCUT2D eigenvalue weighted by Crippen LogP contribution is -2.57. The highest BCUT2D eigenvalue weighted by Gasteiger charge is 2.68. The van der Waals surface area contributed by atoms with Gasteiger partial charge in [-0.2, -0.15) is 0 Å². The monoisotopic (exact) mass is 441 g/mol. The van der Waals surface area contributed by atoms with E-state index in [-0.39, 0.29) is 47.1 Å². The van der Waals surface area contributed by atoms with Gasteiger partial charge >= 0.3 is 0 Å². The number of anilines is 1. The first kappa shape index (κ1) is 23.1. The lowest BCUT2D eigenvalue weighted by molar-refractivity contribution is -0.140. The van der Waals surface area contributed by atoms with Gasteiger partial charge in [-0.3, -0.25) is 9.59 Å². The zero-order valence-electron chi connectivity index (χ0n) is 20.2. The van der Waals surface area contributed by atoms with Gasteiger partial charge in [-0.25, -0.2) is 0 Å². The molecule has 2 saturated carbocycles. The van der Waals surface area contributed by atoms with Crippen LogP contribution in [0.5, 0.6) is 0 Å². The van der Waals surface area contributed by atoms with E-state index in [1.807, 2.05) is 4.90 Å². The molecule has 1 heterocycles. The van der Waals surface area contributed by atoms with E-state index in [1.54, 1.807) is 6.92 Å². The first-order chi connectivity index (χ1) is 15.1. The van der Waals surface area contributed by atoms with Gasteiger partial charge in [0, 0.05) is 37.9 Å². The van der Waals surface area contributed by atoms with E-state index in [1.165, 1.54) is 11.3 Å². The lowest BCUT2D eigenvalue weighted by atomic mass is 9.69. The number of aliphatic hydroxyl groups is 1. The standard InChI is InChI=1S/C26H39N3O3/c1-17-8-6-7-9-20(17)28-12-14-29(15-13-28)24(32)21-19-10-11-26(5,25(19,3)4)22(21)27-23(31)18(2)16-30/h6-9,18-19,21-22,30H,10-16H2,1-5H3,(H,27,31). The minimum Gasteiger partial charge on any atom is -0.396 e. The zero-order chi connectivity index (χ0) is 23.3. The topological polar surface area (TPSA) is 72.9 Å². The van der Waals surface area contributed by atoms with Crippen LogP contribution in [0.4, 0.5) is 5.69 Å². The summed E-state index contributed by atoms with van der Waals surface area (Å²) in [6, 6.07) is 8.23. The Kier molecular flexibility index (Phi) is 6.03. The summed E-state index contributed by atoms with van der Waals surface area (Å²) < 4.78 is 0. The van der Waals surface area contributed by atoms with Crippen molar-refractivity contribution in [2.45, 2.75) is 53.5 Å². The molecule has 1 aromatic rings. The lowest BCUT2D eigenvalue weighted by Gasteiger charge is -2.43. The highest BCUT2D eigenvalue weighted by molar-refractivity contribution is 5.84. The van der Waals surface area contributed by atoms with Crippen LogP contribution in [0, 0.1) is 35.5 Å². The Morgan fingerprint density at radius 1 is 1.16 bits per heavy atom. The molecule has 1 aliphatic heterocycles. The van der Waals surface area contributed by atoms with Gasteiger partial charge in [0.15, 0.2) is 0 Å². The van der Waals surface area contributed by atoms with Gasteiger partial charge in [0.2, 0.25) is 11.8 Å². The van der Waals surface area contributed by atoms with Gasteiger partial charge in [0.05, 0.1) is 18.4 Å². The minimum absolute atomic E-state index is 0.0172. The van der Waals surface area contributed by atoms with Crippen LogP contribution >= 0.6 is 0 Å². The molecule has 2 aliphatic carbocycles. The highest BCUT2D eigenvalue weighted by Crippen LogP contribution is 2.67. The molecule has 3 fully saturated rings. The number of hydrogen-bond acceptors (Lipinski definition) is 4. The Morgan fingerprint density at radius 2 is 1.81 bits per heavy atom. The number of carbonyl (C=O) groups is 2. The quantitative estimate of drug-likeness (QED) is 0.737. The van der Waals surface area contributed by atoms with Crippen LogP contribution in [0.1, 0.15) is 46.1 Å². The average molecular weight is 442 g/mol. The summed E-state index contributed by atoms with van der Waals surface area (Å²) in [7, 11) is 0. The SMILES string of the molecule is Cc1ccccc1N1CCN(C(=O)C2C3CCC(C)(C2NC(=O)C(C)CO)C3(C)C)CC1. The number of nitrogens with zero attached hydrogens (tertiary/aromatic N) is 2. The highest BCUT2D eigenvalue weighted by atomic mass is 16.3. The number of rotatable bonds is 5. The van der Waals surface area contributed by atoms with Gasteiger partial charge in [0.1, 0.15) is 0 Å². The number of fused-ring (bicyclic) bond motifs is 2. The van der Waals surface area contributed by atoms with Crippen molar-refractivity contribution in [3.05, 3.63) is 29.8 Å². The summed E-state index contributed by atoms with van der Waals surface area (Å²) in [4.78, 5) is 31.0. The van der Waals surface area contributed by atoms with Crippen molar-refractivity contribution >= 4 is 17.5 Å². The van der Waals surface area contributed by atoms with E-state index >= 15 is 0 Å². The second-order valence-corrected chi connectivity index (χ2v) is 11.0. The third kappa shape index (κ3) is 3.51. The molecule has 1 aromatic carbocycles. The number of carbonyl (C=O) groups excluding carboxylic acids is 2. The molecule has 5 atom stereocenters. The summed E-state index contributed by atoms with van der Waals surface area (Å²) >= 11 is 0. The molecule has 0 radical (unpaired) electrons. The molecule has 3 aliphatic rings. The first-order valence-electron chi connectivity index (χ1n) is 12.1. The molecule has 4 rings (SSSR count). The Labute approximate surface area is 192 Å². The molecule has 176 valence electrons. The van der Waals surface area contributed by atoms with Crippen molar-refractivity contribution in [3.63, 3.8) is 0 Å². The molecule has 2 bridgehead atoms. The largest absolute Gasteiger partial charge is 0.396 e. The second kappa shape index (κ2) is 8.36. The predicted molar refractivity (Wildman–Crippen MR) is 126 cm³/mol. The Bertz CT molecular complexity index is 877. The van der Waals surface area contributed by atoms with Crippen LogP contribution in [-0.4, -0.2) is 60.6 Å². The number of aryl methyl sites for hydroxylation is 1. The van der Waals surface area contributed by atoms with Crippen LogP contribution in [0.2, 0.25) is 0 Å². The summed E-state index contributed by atoms with van der Waals surface area (Å²) in [5.74, 6) is -0.343. The summed E-state index contributed by atoms with van der Waals surface area (Å²) in [5.41, 5.74) is 2.37. The van der Waals surface area contributed by atoms with Gasteiger partial charge in [-0.15, -0.1) is 0 Å². The molecule has 5 unspecified atom stereocenters. The van der Waals surface area contributed by atoms with Crippen molar-refractivity contribution in [2.75, 3.05) is 37.7 Å². The molecule has 2 N–H and O–H groups in total. The van der Waals surface area contributed by atoms with Gasteiger partial charge in [0.25, 0.3) is 0 Å². The maximum Gasteiger partial charge on any atom is 0.228 e. The van der Waals surface area contributed by atoms with Crippen molar-refractivity contribution in [2.24, 2.45) is 28.6 Å². The van der Waals surface area contributed by atoms with Crippen molar-refractivity contribution in [1.29, 1.82) is 0 Å². The van der Waals surface area contributed by atoms with Crippen LogP contribution in [0.25, 0.3) is 0 Å². The summed E-state index contributed by atoms with van der Waals surface area (Å²) in [5, 5.41) is 12.7. The van der Waals surface area contributed by atoms with E-state index in [2.05, 4.69) is 62.2 Å². The first-order valence-corrected chi connectivity index (χ1v) is 12.1. The number of hydrogen-bond donors (Lipinski definition) is 2. The molecule has 2 amide bonds. The molecule has 1 saturated heterocycles. The molecular formula is C26H39N3O3. The molecule has 6 nitrogen and oxygen atoms in total. The minimum atomic E-state index is -0.464. The number of piperazine rings is 1. The maximum absolute atomic E-state index is 13.9. The fourth-order valence-corrected chi connectivity index (χ4v) is 6.61. The van der Waals surface area contributed by atoms with Crippen LogP contribution in [0.15, 0.2) is 24.3 Å². The van der Waals surface area contributed by atoms with Crippen molar-refractivity contribution in [1.82, 2.24) is 10.2 Å². The fraction of sp³-hybridized carbons (Fsp3) is 0.692. The number of amides is 2. The number of benzene rings is 1. The van der Waals surface area contributed by atoms with Crippen LogP contribution in [-0.2, 0) is 9.59 Å². The Morgan fingerprint density at radius 3 is 2.44 bits per heavy atom. The molecular weight excluding hydrogens is 402 g/mol. The van der Waals surface area contributed by atoms with E-state index in [4.69, 9.17) is 0 Å². The van der Waals surface area contributed by atoms with E-state index in [0.29, 0.717) is 13.1 Å². The summed E-state index contributed by atoms with van der Waals surface area (Å²) in [6.45, 7) is 13.5. The fourth-order valence-electron chi connectivity index (χ4n) is 6.61. The van der Waals surface area contributed by atoms with Gasteiger partial charge in [-0.1, -0.05) is 45.9 Å². The van der Waals surface area contributed by atoms with Crippen LogP contribution in [0.3, 0.4) is 0 Å². The molecule has 32 heavy (non-hydrogen) atoms. The Balaban J connectivity index is 1.52. The zero-order valence-corrected chi connectivity index (χ0v) is 20.2. The van der Waals surface area contributed by atoms with Crippen LogP contribution < -0.4 is 10.2 Å². The van der Waals surface area contributed by atoms with Gasteiger partial charge < -0.3 is 20.2 Å². The summed E-state index contributed by atoms with van der Waals surface area (Å²) in [6.07, 6.45) is 2.05. The normalized spacial score (nSPS) is 32.1. The third-order valence-electron chi connectivity index (χ3n) is 9.20. The number of para-hydroxylation sites is 1. The average Bonchev–Trinajstić information content (AvgIpc) is 3.11. The smallest absolute Gasteiger partial charge is 0.228 e. The number of nitrogens with one attached hydrogen (secondary N) is 1. The van der Waals surface area contributed by atoms with Gasteiger partial charge in [-0.05, 0) is 48.1 Å². The molecule has 6 heteroatoms. The van der Waals surface area contributed by atoms with E-state index < -0.39 is 5.92 Å². The van der Waals surface area contributed by atoms with E-state index in [0.717, 1.165) is 25.9 Å². The Hall–Kier alpha value is -2.08.